The van der Waals surface area contributed by atoms with Crippen molar-refractivity contribution < 1.29 is 9.53 Å². The standard InChI is InChI=1S/C24H27N7O2/c1-5-33-24(32)21-20(16-9-11-17(12-10-16)31(3)4)19-15(2)29-30-23(19)28-22(21)27-14-26-18-8-6-7-13-25-18/h6-14,20H,5H2,1-4H3,(H,25,26,27)(H2,28,29,30). The fraction of sp³-hybridized carbons (Fsp3) is 0.250. The fourth-order valence-corrected chi connectivity index (χ4v) is 3.78. The van der Waals surface area contributed by atoms with Crippen molar-refractivity contribution in [3.8, 4) is 0 Å². The smallest absolute Gasteiger partial charge is 0.338 e. The number of aliphatic imine (C=N–C) groups is 1. The van der Waals surface area contributed by atoms with E-state index in [-0.39, 0.29) is 6.61 Å². The zero-order valence-corrected chi connectivity index (χ0v) is 19.1. The summed E-state index contributed by atoms with van der Waals surface area (Å²) >= 11 is 0. The molecular formula is C24H27N7O2. The van der Waals surface area contributed by atoms with Crippen molar-refractivity contribution in [2.24, 2.45) is 4.99 Å². The van der Waals surface area contributed by atoms with E-state index >= 15 is 0 Å². The van der Waals surface area contributed by atoms with Gasteiger partial charge in [0.1, 0.15) is 11.6 Å². The number of H-pyrrole nitrogens is 1. The Balaban J connectivity index is 1.80. The highest BCUT2D eigenvalue weighted by molar-refractivity contribution is 5.95. The van der Waals surface area contributed by atoms with Crippen molar-refractivity contribution in [2.45, 2.75) is 19.8 Å². The van der Waals surface area contributed by atoms with E-state index in [9.17, 15) is 4.79 Å². The van der Waals surface area contributed by atoms with Gasteiger partial charge in [-0.15, -0.1) is 0 Å². The van der Waals surface area contributed by atoms with Gasteiger partial charge in [0.2, 0.25) is 0 Å². The number of ether oxygens (including phenoxy) is 1. The number of aryl methyl sites for hydroxylation is 1. The van der Waals surface area contributed by atoms with Gasteiger partial charge < -0.3 is 20.3 Å². The van der Waals surface area contributed by atoms with Crippen molar-refractivity contribution >= 4 is 29.6 Å². The number of benzene rings is 1. The predicted molar refractivity (Wildman–Crippen MR) is 130 cm³/mol. The first-order valence-electron chi connectivity index (χ1n) is 10.7. The van der Waals surface area contributed by atoms with Crippen LogP contribution in [0, 0.1) is 6.92 Å². The van der Waals surface area contributed by atoms with Crippen LogP contribution in [0.3, 0.4) is 0 Å². The van der Waals surface area contributed by atoms with Crippen molar-refractivity contribution in [2.75, 3.05) is 36.2 Å². The Morgan fingerprint density at radius 2 is 2.03 bits per heavy atom. The van der Waals surface area contributed by atoms with E-state index in [1.807, 2.05) is 68.4 Å². The average molecular weight is 446 g/mol. The summed E-state index contributed by atoms with van der Waals surface area (Å²) in [5.41, 5.74) is 4.20. The second-order valence-electron chi connectivity index (χ2n) is 7.76. The molecule has 0 radical (unpaired) electrons. The number of carbonyl (C=O) groups excluding carboxylic acids is 1. The number of aromatic amines is 1. The monoisotopic (exact) mass is 445 g/mol. The lowest BCUT2D eigenvalue weighted by molar-refractivity contribution is -0.138. The van der Waals surface area contributed by atoms with E-state index in [1.54, 1.807) is 13.1 Å². The van der Waals surface area contributed by atoms with Gasteiger partial charge in [-0.25, -0.2) is 14.8 Å². The van der Waals surface area contributed by atoms with Gasteiger partial charge >= 0.3 is 5.97 Å². The molecule has 33 heavy (non-hydrogen) atoms. The van der Waals surface area contributed by atoms with Gasteiger partial charge in [-0.3, -0.25) is 5.10 Å². The minimum Gasteiger partial charge on any atom is -0.463 e. The van der Waals surface area contributed by atoms with Crippen LogP contribution in [0.5, 0.6) is 0 Å². The van der Waals surface area contributed by atoms with Crippen LogP contribution in [0.2, 0.25) is 0 Å². The highest BCUT2D eigenvalue weighted by Gasteiger charge is 2.37. The summed E-state index contributed by atoms with van der Waals surface area (Å²) in [6, 6.07) is 13.6. The number of esters is 1. The maximum Gasteiger partial charge on any atom is 0.338 e. The molecule has 1 aliphatic rings. The second kappa shape index (κ2) is 9.56. The first kappa shape index (κ1) is 22.1. The molecule has 170 valence electrons. The number of rotatable bonds is 7. The van der Waals surface area contributed by atoms with Crippen LogP contribution >= 0.6 is 0 Å². The number of anilines is 3. The minimum absolute atomic E-state index is 0.259. The van der Waals surface area contributed by atoms with E-state index in [0.29, 0.717) is 23.0 Å². The molecule has 1 aliphatic heterocycles. The van der Waals surface area contributed by atoms with Gasteiger partial charge in [0, 0.05) is 37.2 Å². The summed E-state index contributed by atoms with van der Waals surface area (Å²) < 4.78 is 5.44. The number of hydrogen-bond donors (Lipinski definition) is 3. The lowest BCUT2D eigenvalue weighted by atomic mass is 9.82. The molecule has 2 aromatic heterocycles. The topological polar surface area (TPSA) is 108 Å². The molecule has 4 rings (SSSR count). The first-order chi connectivity index (χ1) is 16.0. The molecule has 0 saturated carbocycles. The molecule has 1 unspecified atom stereocenters. The van der Waals surface area contributed by atoms with E-state index in [2.05, 4.69) is 30.8 Å². The lowest BCUT2D eigenvalue weighted by Crippen LogP contribution is -2.25. The SMILES string of the molecule is CCOC(=O)C1=C(N=CNc2ccccn2)Nc2n[nH]c(C)c2C1c1ccc(N(C)C)cc1. The fourth-order valence-electron chi connectivity index (χ4n) is 3.78. The van der Waals surface area contributed by atoms with Gasteiger partial charge in [-0.2, -0.15) is 5.10 Å². The molecule has 3 N–H and O–H groups in total. The number of aromatic nitrogens is 3. The van der Waals surface area contributed by atoms with Crippen molar-refractivity contribution in [1.82, 2.24) is 15.2 Å². The van der Waals surface area contributed by atoms with Crippen LogP contribution in [0.15, 0.2) is 65.0 Å². The summed E-state index contributed by atoms with van der Waals surface area (Å²) in [5, 5.41) is 13.6. The Morgan fingerprint density at radius 1 is 1.24 bits per heavy atom. The molecule has 1 aromatic carbocycles. The lowest BCUT2D eigenvalue weighted by Gasteiger charge is -2.27. The summed E-state index contributed by atoms with van der Waals surface area (Å²) in [4.78, 5) is 23.9. The number of nitrogens with one attached hydrogen (secondary N) is 3. The van der Waals surface area contributed by atoms with Gasteiger partial charge in [0.15, 0.2) is 5.82 Å². The first-order valence-corrected chi connectivity index (χ1v) is 10.7. The molecule has 0 amide bonds. The minimum atomic E-state index is -0.428. The van der Waals surface area contributed by atoms with E-state index in [1.165, 1.54) is 6.34 Å². The van der Waals surface area contributed by atoms with Crippen LogP contribution in [0.25, 0.3) is 0 Å². The Kier molecular flexibility index (Phi) is 6.39. The highest BCUT2D eigenvalue weighted by Crippen LogP contribution is 2.43. The van der Waals surface area contributed by atoms with Crippen molar-refractivity contribution in [3.05, 3.63) is 76.9 Å². The molecular weight excluding hydrogens is 418 g/mol. The molecule has 3 heterocycles. The molecule has 1 atom stereocenters. The molecule has 0 spiro atoms. The third kappa shape index (κ3) is 4.57. The van der Waals surface area contributed by atoms with Crippen LogP contribution in [0.1, 0.15) is 29.7 Å². The Hall–Kier alpha value is -4.14. The Morgan fingerprint density at radius 3 is 2.70 bits per heavy atom. The quantitative estimate of drug-likeness (QED) is 0.289. The van der Waals surface area contributed by atoms with Gasteiger partial charge in [-0.05, 0) is 43.7 Å². The summed E-state index contributed by atoms with van der Waals surface area (Å²) in [6.07, 6.45) is 3.19. The third-order valence-corrected chi connectivity index (χ3v) is 5.37. The number of carbonyl (C=O) groups is 1. The van der Waals surface area contributed by atoms with Crippen LogP contribution in [-0.4, -0.2) is 48.2 Å². The molecule has 0 fully saturated rings. The van der Waals surface area contributed by atoms with Crippen LogP contribution < -0.4 is 15.5 Å². The van der Waals surface area contributed by atoms with Crippen LogP contribution in [0.4, 0.5) is 17.3 Å². The van der Waals surface area contributed by atoms with Gasteiger partial charge in [-0.1, -0.05) is 18.2 Å². The predicted octanol–water partition coefficient (Wildman–Crippen LogP) is 3.65. The Bertz CT molecular complexity index is 1180. The van der Waals surface area contributed by atoms with Gasteiger partial charge in [0.25, 0.3) is 0 Å². The van der Waals surface area contributed by atoms with Crippen LogP contribution in [-0.2, 0) is 9.53 Å². The number of fused-ring (bicyclic) bond motifs is 1. The number of nitrogens with zero attached hydrogens (tertiary/aromatic N) is 4. The summed E-state index contributed by atoms with van der Waals surface area (Å²) in [5.74, 6) is 0.826. The molecule has 3 aromatic rings. The summed E-state index contributed by atoms with van der Waals surface area (Å²) in [6.45, 7) is 3.99. The van der Waals surface area contributed by atoms with Gasteiger partial charge in [0.05, 0.1) is 24.4 Å². The molecule has 9 heteroatoms. The molecule has 9 nitrogen and oxygen atoms in total. The second-order valence-corrected chi connectivity index (χ2v) is 7.76. The normalized spacial score (nSPS) is 15.2. The number of hydrogen-bond acceptors (Lipinski definition) is 7. The Labute approximate surface area is 192 Å². The largest absolute Gasteiger partial charge is 0.463 e. The molecule has 0 bridgehead atoms. The van der Waals surface area contributed by atoms with E-state index < -0.39 is 11.9 Å². The average Bonchev–Trinajstić information content (AvgIpc) is 3.19. The molecule has 0 aliphatic carbocycles. The summed E-state index contributed by atoms with van der Waals surface area (Å²) in [7, 11) is 3.98. The number of pyridine rings is 1. The maximum atomic E-state index is 13.2. The highest BCUT2D eigenvalue weighted by atomic mass is 16.5. The maximum absolute atomic E-state index is 13.2. The zero-order valence-electron chi connectivity index (χ0n) is 19.1. The van der Waals surface area contributed by atoms with Crippen molar-refractivity contribution in [3.63, 3.8) is 0 Å². The van der Waals surface area contributed by atoms with E-state index in [4.69, 9.17) is 4.74 Å². The zero-order chi connectivity index (χ0) is 23.4. The van der Waals surface area contributed by atoms with Crippen molar-refractivity contribution in [1.29, 1.82) is 0 Å². The molecule has 0 saturated heterocycles. The third-order valence-electron chi connectivity index (χ3n) is 5.37. The van der Waals surface area contributed by atoms with E-state index in [0.717, 1.165) is 22.5 Å².